The van der Waals surface area contributed by atoms with E-state index in [0.717, 1.165) is 11.5 Å². The van der Waals surface area contributed by atoms with E-state index < -0.39 is 0 Å². The summed E-state index contributed by atoms with van der Waals surface area (Å²) >= 11 is 2.01. The largest absolute Gasteiger partial charge is 0.496 e. The maximum absolute atomic E-state index is 5.43. The third-order valence-corrected chi connectivity index (χ3v) is 4.92. The summed E-state index contributed by atoms with van der Waals surface area (Å²) in [7, 11) is 3.74. The van der Waals surface area contributed by atoms with Gasteiger partial charge in [0, 0.05) is 22.6 Å². The molecule has 2 nitrogen and oxygen atoms in total. The van der Waals surface area contributed by atoms with Crippen LogP contribution in [0.5, 0.6) is 5.75 Å². The van der Waals surface area contributed by atoms with Gasteiger partial charge in [0.2, 0.25) is 0 Å². The minimum Gasteiger partial charge on any atom is -0.496 e. The van der Waals surface area contributed by atoms with E-state index in [1.807, 2.05) is 30.9 Å². The van der Waals surface area contributed by atoms with Gasteiger partial charge in [-0.25, -0.2) is 0 Å². The third-order valence-electron chi connectivity index (χ3n) is 3.33. The van der Waals surface area contributed by atoms with Crippen molar-refractivity contribution in [2.45, 2.75) is 32.1 Å². The molecule has 0 aliphatic carbocycles. The molecule has 0 bridgehead atoms. The maximum Gasteiger partial charge on any atom is 0.123 e. The number of ether oxygens (including phenoxy) is 1. The predicted molar refractivity (Wildman–Crippen MR) is 81.6 cm³/mol. The Morgan fingerprint density at radius 1 is 1.22 bits per heavy atom. The number of rotatable bonds is 7. The van der Waals surface area contributed by atoms with E-state index in [0.29, 0.717) is 17.2 Å². The molecule has 0 aliphatic heterocycles. The lowest BCUT2D eigenvalue weighted by Crippen LogP contribution is -2.21. The molecule has 0 spiro atoms. The van der Waals surface area contributed by atoms with Crippen molar-refractivity contribution in [3.05, 3.63) is 29.8 Å². The smallest absolute Gasteiger partial charge is 0.123 e. The van der Waals surface area contributed by atoms with Gasteiger partial charge in [-0.2, -0.15) is 11.8 Å². The summed E-state index contributed by atoms with van der Waals surface area (Å²) in [4.78, 5) is 0. The first-order valence-electron chi connectivity index (χ1n) is 6.52. The molecule has 1 N–H and O–H groups in total. The molecular weight excluding hydrogens is 242 g/mol. The molecule has 0 aromatic heterocycles. The monoisotopic (exact) mass is 267 g/mol. The standard InChI is InChI=1S/C15H25NOS/c1-11(2)12(3)18-10-14(16-4)13-8-6-7-9-15(13)17-5/h6-9,11-12,14,16H,10H2,1-5H3. The van der Waals surface area contributed by atoms with Gasteiger partial charge in [0.1, 0.15) is 5.75 Å². The molecule has 0 aliphatic rings. The first kappa shape index (κ1) is 15.4. The average Bonchev–Trinajstić information content (AvgIpc) is 2.39. The molecule has 3 heteroatoms. The normalized spacial score (nSPS) is 14.6. The van der Waals surface area contributed by atoms with Gasteiger partial charge >= 0.3 is 0 Å². The minimum atomic E-state index is 0.340. The van der Waals surface area contributed by atoms with Crippen LogP contribution in [-0.2, 0) is 0 Å². The molecule has 0 fully saturated rings. The maximum atomic E-state index is 5.43. The summed E-state index contributed by atoms with van der Waals surface area (Å²) in [5.74, 6) is 2.75. The zero-order valence-corrected chi connectivity index (χ0v) is 12.9. The van der Waals surface area contributed by atoms with Crippen molar-refractivity contribution >= 4 is 11.8 Å². The second-order valence-corrected chi connectivity index (χ2v) is 6.28. The zero-order valence-electron chi connectivity index (χ0n) is 12.1. The van der Waals surface area contributed by atoms with Crippen LogP contribution in [0.4, 0.5) is 0 Å². The summed E-state index contributed by atoms with van der Waals surface area (Å²) in [6, 6.07) is 8.58. The number of nitrogens with one attached hydrogen (secondary N) is 1. The SMILES string of the molecule is CNC(CSC(C)C(C)C)c1ccccc1OC. The van der Waals surface area contributed by atoms with Crippen LogP contribution in [0.1, 0.15) is 32.4 Å². The second kappa shape index (κ2) is 7.70. The van der Waals surface area contributed by atoms with Crippen molar-refractivity contribution < 1.29 is 4.74 Å². The van der Waals surface area contributed by atoms with Gasteiger partial charge in [0.05, 0.1) is 7.11 Å². The Morgan fingerprint density at radius 3 is 2.44 bits per heavy atom. The lowest BCUT2D eigenvalue weighted by atomic mass is 10.1. The molecule has 0 amide bonds. The Bertz CT molecular complexity index is 354. The van der Waals surface area contributed by atoms with E-state index in [9.17, 15) is 0 Å². The van der Waals surface area contributed by atoms with E-state index >= 15 is 0 Å². The highest BCUT2D eigenvalue weighted by atomic mass is 32.2. The van der Waals surface area contributed by atoms with Gasteiger partial charge < -0.3 is 10.1 Å². The van der Waals surface area contributed by atoms with Crippen LogP contribution < -0.4 is 10.1 Å². The van der Waals surface area contributed by atoms with Crippen LogP contribution in [0.25, 0.3) is 0 Å². The highest BCUT2D eigenvalue weighted by Crippen LogP contribution is 2.29. The molecule has 0 saturated heterocycles. The number of thioether (sulfide) groups is 1. The van der Waals surface area contributed by atoms with Gasteiger partial charge in [0.15, 0.2) is 0 Å². The Balaban J connectivity index is 2.71. The minimum absolute atomic E-state index is 0.340. The highest BCUT2D eigenvalue weighted by Gasteiger charge is 2.16. The number of hydrogen-bond donors (Lipinski definition) is 1. The summed E-state index contributed by atoms with van der Waals surface area (Å²) in [6.07, 6.45) is 0. The fourth-order valence-corrected chi connectivity index (χ4v) is 2.95. The van der Waals surface area contributed by atoms with Crippen LogP contribution in [-0.4, -0.2) is 25.2 Å². The molecule has 1 aromatic rings. The Labute approximate surface area is 116 Å². The highest BCUT2D eigenvalue weighted by molar-refractivity contribution is 7.99. The predicted octanol–water partition coefficient (Wildman–Crippen LogP) is 3.73. The quantitative estimate of drug-likeness (QED) is 0.813. The molecule has 1 aromatic carbocycles. The lowest BCUT2D eigenvalue weighted by molar-refractivity contribution is 0.404. The second-order valence-electron chi connectivity index (χ2n) is 4.87. The van der Waals surface area contributed by atoms with Gasteiger partial charge in [-0.3, -0.25) is 0 Å². The molecule has 0 radical (unpaired) electrons. The summed E-state index contributed by atoms with van der Waals surface area (Å²) in [6.45, 7) is 6.84. The van der Waals surface area contributed by atoms with Crippen LogP contribution in [0.15, 0.2) is 24.3 Å². The van der Waals surface area contributed by atoms with Crippen molar-refractivity contribution in [2.24, 2.45) is 5.92 Å². The summed E-state index contributed by atoms with van der Waals surface area (Å²) < 4.78 is 5.43. The van der Waals surface area contributed by atoms with Gasteiger partial charge in [-0.15, -0.1) is 0 Å². The van der Waals surface area contributed by atoms with Gasteiger partial charge in [-0.1, -0.05) is 39.0 Å². The van der Waals surface area contributed by atoms with Crippen LogP contribution >= 0.6 is 11.8 Å². The molecule has 1 rings (SSSR count). The fourth-order valence-electron chi connectivity index (χ4n) is 1.72. The fraction of sp³-hybridized carbons (Fsp3) is 0.600. The van der Waals surface area contributed by atoms with Gasteiger partial charge in [0.25, 0.3) is 0 Å². The zero-order chi connectivity index (χ0) is 13.5. The molecular formula is C15H25NOS. The summed E-state index contributed by atoms with van der Waals surface area (Å²) in [5, 5.41) is 4.06. The molecule has 0 heterocycles. The Kier molecular flexibility index (Phi) is 6.58. The van der Waals surface area contributed by atoms with Crippen molar-refractivity contribution in [1.82, 2.24) is 5.32 Å². The number of para-hydroxylation sites is 1. The third kappa shape index (κ3) is 4.21. The lowest BCUT2D eigenvalue weighted by Gasteiger charge is -2.22. The van der Waals surface area contributed by atoms with Crippen LogP contribution in [0.2, 0.25) is 0 Å². The Hall–Kier alpha value is -0.670. The van der Waals surface area contributed by atoms with E-state index in [2.05, 4.69) is 38.2 Å². The number of benzene rings is 1. The Morgan fingerprint density at radius 2 is 1.89 bits per heavy atom. The van der Waals surface area contributed by atoms with E-state index in [4.69, 9.17) is 4.74 Å². The van der Waals surface area contributed by atoms with E-state index in [1.165, 1.54) is 5.56 Å². The van der Waals surface area contributed by atoms with Gasteiger partial charge in [-0.05, 0) is 19.0 Å². The van der Waals surface area contributed by atoms with E-state index in [1.54, 1.807) is 7.11 Å². The average molecular weight is 267 g/mol. The molecule has 102 valence electrons. The molecule has 2 atom stereocenters. The molecule has 18 heavy (non-hydrogen) atoms. The van der Waals surface area contributed by atoms with Crippen molar-refractivity contribution in [2.75, 3.05) is 19.9 Å². The van der Waals surface area contributed by atoms with Crippen molar-refractivity contribution in [3.8, 4) is 5.75 Å². The van der Waals surface area contributed by atoms with Crippen molar-refractivity contribution in [3.63, 3.8) is 0 Å². The molecule has 2 unspecified atom stereocenters. The first-order chi connectivity index (χ1) is 8.60. The van der Waals surface area contributed by atoms with E-state index in [-0.39, 0.29) is 0 Å². The first-order valence-corrected chi connectivity index (χ1v) is 7.56. The topological polar surface area (TPSA) is 21.3 Å². The van der Waals surface area contributed by atoms with Crippen LogP contribution in [0.3, 0.4) is 0 Å². The van der Waals surface area contributed by atoms with Crippen LogP contribution in [0, 0.1) is 5.92 Å². The van der Waals surface area contributed by atoms with Crippen molar-refractivity contribution in [1.29, 1.82) is 0 Å². The molecule has 0 saturated carbocycles. The summed E-state index contributed by atoms with van der Waals surface area (Å²) in [5.41, 5.74) is 1.24. The number of methoxy groups -OCH3 is 1. The number of hydrogen-bond acceptors (Lipinski definition) is 3.